The SMILES string of the molecule is CCNC1(C(=O)OC)CCC(Sc2ccc(Cl)cn2)C1. The largest absolute Gasteiger partial charge is 0.468 e. The molecule has 6 heteroatoms. The molecular weight excluding hydrogens is 296 g/mol. The molecule has 0 amide bonds. The number of carbonyl (C=O) groups excluding carboxylic acids is 1. The highest BCUT2D eigenvalue weighted by Crippen LogP contribution is 2.40. The minimum atomic E-state index is -0.534. The average molecular weight is 315 g/mol. The van der Waals surface area contributed by atoms with E-state index in [4.69, 9.17) is 16.3 Å². The topological polar surface area (TPSA) is 51.2 Å². The van der Waals surface area contributed by atoms with Crippen molar-refractivity contribution in [1.29, 1.82) is 0 Å². The van der Waals surface area contributed by atoms with Crippen LogP contribution in [0.2, 0.25) is 5.02 Å². The van der Waals surface area contributed by atoms with Gasteiger partial charge in [0.1, 0.15) is 5.54 Å². The molecule has 0 radical (unpaired) electrons. The zero-order valence-corrected chi connectivity index (χ0v) is 13.3. The van der Waals surface area contributed by atoms with Crippen molar-refractivity contribution in [1.82, 2.24) is 10.3 Å². The van der Waals surface area contributed by atoms with Gasteiger partial charge < -0.3 is 10.1 Å². The van der Waals surface area contributed by atoms with Crippen molar-refractivity contribution in [2.75, 3.05) is 13.7 Å². The Morgan fingerprint density at radius 1 is 1.65 bits per heavy atom. The van der Waals surface area contributed by atoms with E-state index in [1.54, 1.807) is 18.0 Å². The number of hydrogen-bond donors (Lipinski definition) is 1. The van der Waals surface area contributed by atoms with Crippen LogP contribution in [-0.4, -0.2) is 35.4 Å². The molecule has 4 nitrogen and oxygen atoms in total. The zero-order chi connectivity index (χ0) is 14.6. The molecule has 110 valence electrons. The predicted octanol–water partition coefficient (Wildman–Crippen LogP) is 2.90. The Morgan fingerprint density at radius 2 is 2.45 bits per heavy atom. The average Bonchev–Trinajstić information content (AvgIpc) is 2.85. The number of likely N-dealkylation sites (N-methyl/N-ethyl adjacent to an activating group) is 1. The number of methoxy groups -OCH3 is 1. The molecule has 2 atom stereocenters. The number of carbonyl (C=O) groups is 1. The Labute approximate surface area is 128 Å². The number of halogens is 1. The maximum absolute atomic E-state index is 12.0. The lowest BCUT2D eigenvalue weighted by Crippen LogP contribution is -2.50. The van der Waals surface area contributed by atoms with E-state index in [1.165, 1.54) is 7.11 Å². The summed E-state index contributed by atoms with van der Waals surface area (Å²) in [6.45, 7) is 2.76. The standard InChI is InChI=1S/C14H19ClN2O2S/c1-3-17-14(13(18)19-2)7-6-11(8-14)20-12-5-4-10(15)9-16-12/h4-5,9,11,17H,3,6-8H2,1-2H3. The molecule has 0 spiro atoms. The number of hydrogen-bond acceptors (Lipinski definition) is 5. The number of nitrogens with one attached hydrogen (secondary N) is 1. The molecule has 2 unspecified atom stereocenters. The zero-order valence-electron chi connectivity index (χ0n) is 11.7. The number of ether oxygens (including phenoxy) is 1. The summed E-state index contributed by atoms with van der Waals surface area (Å²) in [4.78, 5) is 16.3. The van der Waals surface area contributed by atoms with Gasteiger partial charge in [0.25, 0.3) is 0 Å². The molecule has 1 saturated carbocycles. The van der Waals surface area contributed by atoms with Gasteiger partial charge in [-0.05, 0) is 37.9 Å². The number of pyridine rings is 1. The smallest absolute Gasteiger partial charge is 0.326 e. The first-order valence-electron chi connectivity index (χ1n) is 6.71. The van der Waals surface area contributed by atoms with Gasteiger partial charge in [0.2, 0.25) is 0 Å². The van der Waals surface area contributed by atoms with Gasteiger partial charge in [-0.15, -0.1) is 11.8 Å². The first-order chi connectivity index (χ1) is 9.59. The molecule has 1 N–H and O–H groups in total. The summed E-state index contributed by atoms with van der Waals surface area (Å²) in [6.07, 6.45) is 4.19. The van der Waals surface area contributed by atoms with E-state index in [1.807, 2.05) is 19.1 Å². The summed E-state index contributed by atoms with van der Waals surface area (Å²) < 4.78 is 4.96. The quantitative estimate of drug-likeness (QED) is 0.847. The van der Waals surface area contributed by atoms with Crippen LogP contribution in [-0.2, 0) is 9.53 Å². The molecule has 0 bridgehead atoms. The molecule has 0 aromatic carbocycles. The molecule has 1 heterocycles. The predicted molar refractivity (Wildman–Crippen MR) is 81.2 cm³/mol. The van der Waals surface area contributed by atoms with Gasteiger partial charge in [0.15, 0.2) is 0 Å². The van der Waals surface area contributed by atoms with Crippen LogP contribution < -0.4 is 5.32 Å². The van der Waals surface area contributed by atoms with Gasteiger partial charge in [0, 0.05) is 11.4 Å². The number of thioether (sulfide) groups is 1. The highest BCUT2D eigenvalue weighted by Gasteiger charge is 2.46. The maximum atomic E-state index is 12.0. The normalized spacial score (nSPS) is 25.6. The fourth-order valence-electron chi connectivity index (χ4n) is 2.66. The summed E-state index contributed by atoms with van der Waals surface area (Å²) in [5, 5.41) is 5.24. The van der Waals surface area contributed by atoms with Crippen molar-refractivity contribution < 1.29 is 9.53 Å². The molecule has 0 aliphatic heterocycles. The van der Waals surface area contributed by atoms with Gasteiger partial charge in [-0.2, -0.15) is 0 Å². The van der Waals surface area contributed by atoms with Gasteiger partial charge in [0.05, 0.1) is 17.2 Å². The van der Waals surface area contributed by atoms with Crippen LogP contribution in [0.1, 0.15) is 26.2 Å². The van der Waals surface area contributed by atoms with Crippen molar-refractivity contribution in [3.05, 3.63) is 23.4 Å². The highest BCUT2D eigenvalue weighted by atomic mass is 35.5. The van der Waals surface area contributed by atoms with E-state index in [9.17, 15) is 4.79 Å². The molecule has 2 rings (SSSR count). The van der Waals surface area contributed by atoms with Crippen molar-refractivity contribution in [3.8, 4) is 0 Å². The second-order valence-corrected chi connectivity index (χ2v) is 6.66. The first-order valence-corrected chi connectivity index (χ1v) is 7.97. The third kappa shape index (κ3) is 3.45. The molecular formula is C14H19ClN2O2S. The summed E-state index contributed by atoms with van der Waals surface area (Å²) in [7, 11) is 1.45. The van der Waals surface area contributed by atoms with Crippen LogP contribution in [0.3, 0.4) is 0 Å². The van der Waals surface area contributed by atoms with Gasteiger partial charge in [-0.1, -0.05) is 18.5 Å². The van der Waals surface area contributed by atoms with Crippen LogP contribution in [0.5, 0.6) is 0 Å². The third-order valence-electron chi connectivity index (χ3n) is 3.55. The lowest BCUT2D eigenvalue weighted by atomic mass is 9.98. The number of rotatable bonds is 5. The van der Waals surface area contributed by atoms with Gasteiger partial charge >= 0.3 is 5.97 Å². The van der Waals surface area contributed by atoms with E-state index >= 15 is 0 Å². The molecule has 1 aromatic rings. The van der Waals surface area contributed by atoms with E-state index in [0.29, 0.717) is 10.3 Å². The van der Waals surface area contributed by atoms with Crippen molar-refractivity contribution in [2.24, 2.45) is 0 Å². The molecule has 0 saturated heterocycles. The number of nitrogens with zero attached hydrogens (tertiary/aromatic N) is 1. The molecule has 20 heavy (non-hydrogen) atoms. The monoisotopic (exact) mass is 314 g/mol. The van der Waals surface area contributed by atoms with Crippen molar-refractivity contribution in [3.63, 3.8) is 0 Å². The lowest BCUT2D eigenvalue weighted by molar-refractivity contribution is -0.148. The minimum Gasteiger partial charge on any atom is -0.468 e. The molecule has 1 aliphatic carbocycles. The van der Waals surface area contributed by atoms with E-state index in [-0.39, 0.29) is 5.97 Å². The maximum Gasteiger partial charge on any atom is 0.326 e. The number of esters is 1. The third-order valence-corrected chi connectivity index (χ3v) is 4.99. The van der Waals surface area contributed by atoms with Crippen molar-refractivity contribution in [2.45, 2.75) is 42.0 Å². The summed E-state index contributed by atoms with van der Waals surface area (Å²) >= 11 is 7.53. The second-order valence-electron chi connectivity index (χ2n) is 4.90. The van der Waals surface area contributed by atoms with Crippen LogP contribution in [0.25, 0.3) is 0 Å². The van der Waals surface area contributed by atoms with Crippen LogP contribution in [0.4, 0.5) is 0 Å². The summed E-state index contributed by atoms with van der Waals surface area (Å²) in [5.41, 5.74) is -0.534. The number of aromatic nitrogens is 1. The minimum absolute atomic E-state index is 0.161. The van der Waals surface area contributed by atoms with Gasteiger partial charge in [-0.3, -0.25) is 4.79 Å². The van der Waals surface area contributed by atoms with Crippen LogP contribution in [0, 0.1) is 0 Å². The first kappa shape index (κ1) is 15.6. The summed E-state index contributed by atoms with van der Waals surface area (Å²) in [6, 6.07) is 3.75. The van der Waals surface area contributed by atoms with Crippen LogP contribution >= 0.6 is 23.4 Å². The van der Waals surface area contributed by atoms with Crippen molar-refractivity contribution >= 4 is 29.3 Å². The Hall–Kier alpha value is -0.780. The fourth-order valence-corrected chi connectivity index (χ4v) is 3.97. The second kappa shape index (κ2) is 6.78. The Balaban J connectivity index is 2.02. The molecule has 1 aromatic heterocycles. The lowest BCUT2D eigenvalue weighted by Gasteiger charge is -2.27. The van der Waals surface area contributed by atoms with Crippen LogP contribution in [0.15, 0.2) is 23.4 Å². The fraction of sp³-hybridized carbons (Fsp3) is 0.571. The Kier molecular flexibility index (Phi) is 5.29. The Bertz CT molecular complexity index is 469. The highest BCUT2D eigenvalue weighted by molar-refractivity contribution is 7.99. The Morgan fingerprint density at radius 3 is 3.05 bits per heavy atom. The van der Waals surface area contributed by atoms with Gasteiger partial charge in [-0.25, -0.2) is 4.98 Å². The van der Waals surface area contributed by atoms with E-state index in [0.717, 1.165) is 30.8 Å². The van der Waals surface area contributed by atoms with E-state index < -0.39 is 5.54 Å². The summed E-state index contributed by atoms with van der Waals surface area (Å²) in [5.74, 6) is -0.161. The molecule has 1 aliphatic rings. The van der Waals surface area contributed by atoms with E-state index in [2.05, 4.69) is 10.3 Å². The molecule has 1 fully saturated rings.